The molecule has 3 rings (SSSR count). The van der Waals surface area contributed by atoms with Crippen LogP contribution in [0.4, 0.5) is 5.00 Å². The van der Waals surface area contributed by atoms with Gasteiger partial charge >= 0.3 is 5.97 Å². The van der Waals surface area contributed by atoms with Gasteiger partial charge in [-0.25, -0.2) is 4.79 Å². The summed E-state index contributed by atoms with van der Waals surface area (Å²) in [5.41, 5.74) is 1.64. The second-order valence-corrected chi connectivity index (χ2v) is 8.27. The number of esters is 1. The van der Waals surface area contributed by atoms with Crippen LogP contribution in [0.1, 0.15) is 58.3 Å². The third kappa shape index (κ3) is 4.62. The SMILES string of the molecule is CCOC(=O)c1c(NC(=O)/C=C/c2cccs2)sc2c1CCCCCC2. The van der Waals surface area contributed by atoms with Gasteiger partial charge < -0.3 is 10.1 Å². The molecule has 0 spiro atoms. The highest BCUT2D eigenvalue weighted by atomic mass is 32.1. The Bertz CT molecular complexity index is 790. The fraction of sp³-hybridized carbons (Fsp3) is 0.400. The first-order valence-corrected chi connectivity index (χ1v) is 10.7. The lowest BCUT2D eigenvalue weighted by molar-refractivity contribution is -0.111. The summed E-state index contributed by atoms with van der Waals surface area (Å²) in [4.78, 5) is 27.1. The van der Waals surface area contributed by atoms with Gasteiger partial charge in [-0.15, -0.1) is 22.7 Å². The van der Waals surface area contributed by atoms with E-state index >= 15 is 0 Å². The quantitative estimate of drug-likeness (QED) is 0.558. The Kier molecular flexibility index (Phi) is 6.63. The number of thiophene rings is 2. The van der Waals surface area contributed by atoms with Crippen LogP contribution in [0.2, 0.25) is 0 Å². The summed E-state index contributed by atoms with van der Waals surface area (Å²) in [5, 5.41) is 5.50. The summed E-state index contributed by atoms with van der Waals surface area (Å²) in [6.07, 6.45) is 9.74. The first-order valence-electron chi connectivity index (χ1n) is 9.03. The maximum Gasteiger partial charge on any atom is 0.341 e. The van der Waals surface area contributed by atoms with Crippen LogP contribution in [0.25, 0.3) is 6.08 Å². The molecule has 0 aromatic carbocycles. The number of anilines is 1. The molecule has 0 bridgehead atoms. The standard InChI is InChI=1S/C20H23NO3S2/c1-2-24-20(23)18-15-9-5-3-4-6-10-16(15)26-19(18)21-17(22)12-11-14-8-7-13-25-14/h7-8,11-13H,2-6,9-10H2,1H3,(H,21,22)/b12-11+. The normalized spacial score (nSPS) is 14.5. The number of rotatable bonds is 5. The molecule has 1 amide bonds. The molecule has 0 saturated carbocycles. The van der Waals surface area contributed by atoms with Crippen molar-refractivity contribution < 1.29 is 14.3 Å². The molecule has 6 heteroatoms. The van der Waals surface area contributed by atoms with E-state index in [0.717, 1.165) is 36.1 Å². The van der Waals surface area contributed by atoms with Crippen LogP contribution in [-0.2, 0) is 22.4 Å². The van der Waals surface area contributed by atoms with E-state index in [9.17, 15) is 9.59 Å². The average Bonchev–Trinajstić information content (AvgIpc) is 3.21. The van der Waals surface area contributed by atoms with Crippen molar-refractivity contribution in [3.63, 3.8) is 0 Å². The fourth-order valence-electron chi connectivity index (χ4n) is 3.12. The molecule has 138 valence electrons. The van der Waals surface area contributed by atoms with Gasteiger partial charge in [0.15, 0.2) is 0 Å². The number of hydrogen-bond donors (Lipinski definition) is 1. The van der Waals surface area contributed by atoms with E-state index in [4.69, 9.17) is 4.74 Å². The zero-order valence-corrected chi connectivity index (χ0v) is 16.5. The maximum atomic E-state index is 12.5. The molecule has 1 N–H and O–H groups in total. The van der Waals surface area contributed by atoms with Gasteiger partial charge in [-0.3, -0.25) is 4.79 Å². The molecule has 0 atom stereocenters. The van der Waals surface area contributed by atoms with E-state index in [1.807, 2.05) is 17.5 Å². The number of amides is 1. The molecule has 4 nitrogen and oxygen atoms in total. The largest absolute Gasteiger partial charge is 0.462 e. The van der Waals surface area contributed by atoms with E-state index < -0.39 is 0 Å². The van der Waals surface area contributed by atoms with Crippen molar-refractivity contribution in [2.75, 3.05) is 11.9 Å². The lowest BCUT2D eigenvalue weighted by atomic mass is 9.96. The second-order valence-electron chi connectivity index (χ2n) is 6.18. The third-order valence-corrected chi connectivity index (χ3v) is 6.37. The molecule has 2 aromatic rings. The Morgan fingerprint density at radius 2 is 2.04 bits per heavy atom. The summed E-state index contributed by atoms with van der Waals surface area (Å²) < 4.78 is 5.27. The van der Waals surface area contributed by atoms with Crippen molar-refractivity contribution in [1.82, 2.24) is 0 Å². The smallest absolute Gasteiger partial charge is 0.341 e. The molecule has 0 unspecified atom stereocenters. The highest BCUT2D eigenvalue weighted by Crippen LogP contribution is 2.37. The van der Waals surface area contributed by atoms with E-state index in [1.54, 1.807) is 24.3 Å². The van der Waals surface area contributed by atoms with Crippen LogP contribution in [0.3, 0.4) is 0 Å². The van der Waals surface area contributed by atoms with Gasteiger partial charge in [0.1, 0.15) is 5.00 Å². The van der Waals surface area contributed by atoms with Crippen molar-refractivity contribution in [3.05, 3.63) is 44.5 Å². The summed E-state index contributed by atoms with van der Waals surface area (Å²) >= 11 is 3.10. The predicted octanol–water partition coefficient (Wildman–Crippen LogP) is 5.30. The van der Waals surface area contributed by atoms with Gasteiger partial charge in [0, 0.05) is 15.8 Å². The van der Waals surface area contributed by atoms with Crippen molar-refractivity contribution >= 4 is 45.6 Å². The Labute approximate surface area is 161 Å². The Morgan fingerprint density at radius 1 is 1.23 bits per heavy atom. The van der Waals surface area contributed by atoms with E-state index in [0.29, 0.717) is 17.2 Å². The number of fused-ring (bicyclic) bond motifs is 1. The minimum Gasteiger partial charge on any atom is -0.462 e. The van der Waals surface area contributed by atoms with Crippen molar-refractivity contribution in [1.29, 1.82) is 0 Å². The number of nitrogens with one attached hydrogen (secondary N) is 1. The zero-order chi connectivity index (χ0) is 18.4. The molecule has 0 aliphatic heterocycles. The first kappa shape index (κ1) is 18.9. The molecular formula is C20H23NO3S2. The van der Waals surface area contributed by atoms with Gasteiger partial charge in [0.25, 0.3) is 0 Å². The van der Waals surface area contributed by atoms with E-state index in [-0.39, 0.29) is 11.9 Å². The molecule has 2 heterocycles. The summed E-state index contributed by atoms with van der Waals surface area (Å²) in [5.74, 6) is -0.554. The molecule has 1 aliphatic rings. The lowest BCUT2D eigenvalue weighted by Gasteiger charge is -2.11. The van der Waals surface area contributed by atoms with Crippen LogP contribution in [0, 0.1) is 0 Å². The number of carbonyl (C=O) groups excluding carboxylic acids is 2. The summed E-state index contributed by atoms with van der Waals surface area (Å²) in [6.45, 7) is 2.13. The lowest BCUT2D eigenvalue weighted by Crippen LogP contribution is -2.13. The predicted molar refractivity (Wildman–Crippen MR) is 108 cm³/mol. The van der Waals surface area contributed by atoms with Gasteiger partial charge in [-0.2, -0.15) is 0 Å². The number of aryl methyl sites for hydroxylation is 1. The second kappa shape index (κ2) is 9.14. The summed E-state index contributed by atoms with van der Waals surface area (Å²) in [7, 11) is 0. The number of ether oxygens (including phenoxy) is 1. The van der Waals surface area contributed by atoms with E-state index in [1.165, 1.54) is 35.1 Å². The average molecular weight is 390 g/mol. The Hall–Kier alpha value is -1.92. The third-order valence-electron chi connectivity index (χ3n) is 4.33. The van der Waals surface area contributed by atoms with Gasteiger partial charge in [-0.05, 0) is 55.7 Å². The fourth-order valence-corrected chi connectivity index (χ4v) is 5.02. The molecule has 0 saturated heterocycles. The maximum absolute atomic E-state index is 12.5. The first-order chi connectivity index (χ1) is 12.7. The highest BCUT2D eigenvalue weighted by Gasteiger charge is 2.25. The molecule has 2 aromatic heterocycles. The van der Waals surface area contributed by atoms with E-state index in [2.05, 4.69) is 5.32 Å². The summed E-state index contributed by atoms with van der Waals surface area (Å²) in [6, 6.07) is 3.90. The van der Waals surface area contributed by atoms with Crippen molar-refractivity contribution in [2.45, 2.75) is 45.4 Å². The van der Waals surface area contributed by atoms with Crippen LogP contribution < -0.4 is 5.32 Å². The number of hydrogen-bond acceptors (Lipinski definition) is 5. The highest BCUT2D eigenvalue weighted by molar-refractivity contribution is 7.17. The van der Waals surface area contributed by atoms with Gasteiger partial charge in [0.05, 0.1) is 12.2 Å². The molecular weight excluding hydrogens is 366 g/mol. The monoisotopic (exact) mass is 389 g/mol. The molecule has 26 heavy (non-hydrogen) atoms. The minimum absolute atomic E-state index is 0.224. The number of carbonyl (C=O) groups is 2. The molecule has 1 aliphatic carbocycles. The molecule has 0 radical (unpaired) electrons. The molecule has 0 fully saturated rings. The van der Waals surface area contributed by atoms with Crippen LogP contribution in [0.15, 0.2) is 23.6 Å². The van der Waals surface area contributed by atoms with Gasteiger partial charge in [-0.1, -0.05) is 18.9 Å². The van der Waals surface area contributed by atoms with Crippen molar-refractivity contribution in [3.8, 4) is 0 Å². The minimum atomic E-state index is -0.330. The van der Waals surface area contributed by atoms with Gasteiger partial charge in [0.2, 0.25) is 5.91 Å². The van der Waals surface area contributed by atoms with Crippen LogP contribution in [-0.4, -0.2) is 18.5 Å². The van der Waals surface area contributed by atoms with Crippen LogP contribution in [0.5, 0.6) is 0 Å². The topological polar surface area (TPSA) is 55.4 Å². The van der Waals surface area contributed by atoms with Crippen LogP contribution >= 0.6 is 22.7 Å². The zero-order valence-electron chi connectivity index (χ0n) is 14.9. The Morgan fingerprint density at radius 3 is 2.77 bits per heavy atom. The Balaban J connectivity index is 1.85. The van der Waals surface area contributed by atoms with Crippen molar-refractivity contribution in [2.24, 2.45) is 0 Å².